The van der Waals surface area contributed by atoms with Crippen LogP contribution in [0.2, 0.25) is 0 Å². The van der Waals surface area contributed by atoms with Crippen LogP contribution in [-0.2, 0) is 16.1 Å². The van der Waals surface area contributed by atoms with Gasteiger partial charge in [-0.3, -0.25) is 9.69 Å². The molecule has 0 aromatic heterocycles. The minimum absolute atomic E-state index is 0.0494. The Balaban J connectivity index is 2.44. The van der Waals surface area contributed by atoms with Crippen LogP contribution >= 0.6 is 0 Å². The molecule has 0 aliphatic heterocycles. The zero-order chi connectivity index (χ0) is 14.3. The van der Waals surface area contributed by atoms with Gasteiger partial charge in [0.25, 0.3) is 0 Å². The van der Waals surface area contributed by atoms with Gasteiger partial charge in [-0.15, -0.1) is 0 Å². The summed E-state index contributed by atoms with van der Waals surface area (Å²) in [6.07, 6.45) is 0. The second-order valence-corrected chi connectivity index (χ2v) is 4.60. The maximum Gasteiger partial charge on any atom is 0.234 e. The fraction of sp³-hybridized carbons (Fsp3) is 0.500. The van der Waals surface area contributed by atoms with Crippen molar-refractivity contribution in [2.24, 2.45) is 0 Å². The SMILES string of the molecule is COCCNC(=O)CN(C)Cc1cccc(C)c1O. The minimum Gasteiger partial charge on any atom is -0.507 e. The van der Waals surface area contributed by atoms with Crippen LogP contribution in [0.15, 0.2) is 18.2 Å². The Morgan fingerprint density at radius 2 is 2.21 bits per heavy atom. The van der Waals surface area contributed by atoms with Gasteiger partial charge in [0.05, 0.1) is 13.2 Å². The summed E-state index contributed by atoms with van der Waals surface area (Å²) in [4.78, 5) is 13.5. The predicted octanol–water partition coefficient (Wildman–Crippen LogP) is 0.895. The van der Waals surface area contributed by atoms with Gasteiger partial charge in [-0.1, -0.05) is 18.2 Å². The van der Waals surface area contributed by atoms with Crippen molar-refractivity contribution in [3.05, 3.63) is 29.3 Å². The number of aromatic hydroxyl groups is 1. The van der Waals surface area contributed by atoms with E-state index in [1.165, 1.54) is 0 Å². The molecule has 1 rings (SSSR count). The number of para-hydroxylation sites is 1. The molecule has 0 radical (unpaired) electrons. The Labute approximate surface area is 114 Å². The number of benzene rings is 1. The van der Waals surface area contributed by atoms with Crippen LogP contribution in [-0.4, -0.2) is 49.8 Å². The summed E-state index contributed by atoms with van der Waals surface area (Å²) in [7, 11) is 3.44. The second kappa shape index (κ2) is 7.76. The van der Waals surface area contributed by atoms with Crippen molar-refractivity contribution in [3.63, 3.8) is 0 Å². The summed E-state index contributed by atoms with van der Waals surface area (Å²) in [5, 5.41) is 12.7. The van der Waals surface area contributed by atoms with Gasteiger partial charge >= 0.3 is 0 Å². The van der Waals surface area contributed by atoms with Crippen LogP contribution in [0.3, 0.4) is 0 Å². The highest BCUT2D eigenvalue weighted by Gasteiger charge is 2.10. The molecule has 0 aliphatic rings. The molecule has 0 bridgehead atoms. The lowest BCUT2D eigenvalue weighted by Gasteiger charge is -2.17. The van der Waals surface area contributed by atoms with Crippen LogP contribution in [0, 0.1) is 6.92 Å². The number of nitrogens with zero attached hydrogens (tertiary/aromatic N) is 1. The molecular formula is C14H22N2O3. The normalized spacial score (nSPS) is 10.7. The van der Waals surface area contributed by atoms with Crippen LogP contribution in [0.1, 0.15) is 11.1 Å². The lowest BCUT2D eigenvalue weighted by Crippen LogP contribution is -2.36. The standard InChI is InChI=1S/C14H22N2O3/c1-11-5-4-6-12(14(11)18)9-16(2)10-13(17)15-7-8-19-3/h4-6,18H,7-10H2,1-3H3,(H,15,17). The molecule has 0 saturated heterocycles. The minimum atomic E-state index is -0.0494. The molecule has 106 valence electrons. The zero-order valence-electron chi connectivity index (χ0n) is 11.8. The molecule has 0 unspecified atom stereocenters. The van der Waals surface area contributed by atoms with Crippen LogP contribution in [0.4, 0.5) is 0 Å². The number of hydrogen-bond donors (Lipinski definition) is 2. The molecule has 0 spiro atoms. The van der Waals surface area contributed by atoms with Crippen molar-refractivity contribution in [2.45, 2.75) is 13.5 Å². The number of carbonyl (C=O) groups is 1. The topological polar surface area (TPSA) is 61.8 Å². The number of phenolic OH excluding ortho intramolecular Hbond substituents is 1. The van der Waals surface area contributed by atoms with E-state index in [4.69, 9.17) is 4.74 Å². The fourth-order valence-electron chi connectivity index (χ4n) is 1.79. The third kappa shape index (κ3) is 5.28. The third-order valence-corrected chi connectivity index (χ3v) is 2.80. The number of likely N-dealkylation sites (N-methyl/N-ethyl adjacent to an activating group) is 1. The van der Waals surface area contributed by atoms with Crippen molar-refractivity contribution in [1.29, 1.82) is 0 Å². The molecule has 19 heavy (non-hydrogen) atoms. The summed E-state index contributed by atoms with van der Waals surface area (Å²) in [6, 6.07) is 5.62. The van der Waals surface area contributed by atoms with Gasteiger partial charge in [-0.05, 0) is 19.5 Å². The van der Waals surface area contributed by atoms with Gasteiger partial charge in [0.15, 0.2) is 0 Å². The molecule has 0 aliphatic carbocycles. The number of methoxy groups -OCH3 is 1. The Morgan fingerprint density at radius 3 is 2.89 bits per heavy atom. The first-order valence-corrected chi connectivity index (χ1v) is 6.26. The highest BCUT2D eigenvalue weighted by molar-refractivity contribution is 5.77. The van der Waals surface area contributed by atoms with E-state index in [1.807, 2.05) is 37.1 Å². The van der Waals surface area contributed by atoms with Gasteiger partial charge < -0.3 is 15.2 Å². The molecule has 0 heterocycles. The summed E-state index contributed by atoms with van der Waals surface area (Å²) < 4.78 is 4.86. The molecule has 1 amide bonds. The fourth-order valence-corrected chi connectivity index (χ4v) is 1.79. The molecule has 0 atom stereocenters. The van der Waals surface area contributed by atoms with Gasteiger partial charge in [0.2, 0.25) is 5.91 Å². The Hall–Kier alpha value is -1.59. The van der Waals surface area contributed by atoms with Crippen LogP contribution < -0.4 is 5.32 Å². The summed E-state index contributed by atoms with van der Waals surface area (Å²) in [5.74, 6) is 0.251. The van der Waals surface area contributed by atoms with Crippen LogP contribution in [0.25, 0.3) is 0 Å². The van der Waals surface area contributed by atoms with E-state index in [2.05, 4.69) is 5.32 Å². The molecule has 5 nitrogen and oxygen atoms in total. The van der Waals surface area contributed by atoms with Crippen molar-refractivity contribution >= 4 is 5.91 Å². The largest absolute Gasteiger partial charge is 0.507 e. The summed E-state index contributed by atoms with van der Waals surface area (Å²) in [6.45, 7) is 3.70. The molecular weight excluding hydrogens is 244 g/mol. The monoisotopic (exact) mass is 266 g/mol. The zero-order valence-corrected chi connectivity index (χ0v) is 11.8. The summed E-state index contributed by atoms with van der Waals surface area (Å²) in [5.41, 5.74) is 1.67. The van der Waals surface area contributed by atoms with Gasteiger partial charge in [-0.25, -0.2) is 0 Å². The maximum absolute atomic E-state index is 11.6. The number of hydrogen-bond acceptors (Lipinski definition) is 4. The van der Waals surface area contributed by atoms with E-state index in [-0.39, 0.29) is 12.5 Å². The predicted molar refractivity (Wildman–Crippen MR) is 74.1 cm³/mol. The molecule has 0 saturated carbocycles. The first-order valence-electron chi connectivity index (χ1n) is 6.26. The van der Waals surface area contributed by atoms with E-state index < -0.39 is 0 Å². The van der Waals surface area contributed by atoms with Crippen molar-refractivity contribution in [2.75, 3.05) is 33.9 Å². The van der Waals surface area contributed by atoms with Crippen molar-refractivity contribution < 1.29 is 14.6 Å². The molecule has 2 N–H and O–H groups in total. The molecule has 5 heteroatoms. The Morgan fingerprint density at radius 1 is 1.47 bits per heavy atom. The molecule has 1 aromatic carbocycles. The van der Waals surface area contributed by atoms with E-state index in [0.29, 0.717) is 25.4 Å². The van der Waals surface area contributed by atoms with E-state index in [1.54, 1.807) is 7.11 Å². The lowest BCUT2D eigenvalue weighted by molar-refractivity contribution is -0.122. The average Bonchev–Trinajstić information content (AvgIpc) is 2.35. The Bertz CT molecular complexity index is 421. The first kappa shape index (κ1) is 15.5. The lowest BCUT2D eigenvalue weighted by atomic mass is 10.1. The summed E-state index contributed by atoms with van der Waals surface area (Å²) >= 11 is 0. The number of phenols is 1. The molecule has 0 fully saturated rings. The number of aryl methyl sites for hydroxylation is 1. The molecule has 1 aromatic rings. The number of amides is 1. The third-order valence-electron chi connectivity index (χ3n) is 2.80. The van der Waals surface area contributed by atoms with Gasteiger partial charge in [-0.2, -0.15) is 0 Å². The maximum atomic E-state index is 11.6. The van der Waals surface area contributed by atoms with Crippen LogP contribution in [0.5, 0.6) is 5.75 Å². The first-order chi connectivity index (χ1) is 9.04. The Kier molecular flexibility index (Phi) is 6.32. The van der Waals surface area contributed by atoms with E-state index in [0.717, 1.165) is 11.1 Å². The quantitative estimate of drug-likeness (QED) is 0.720. The highest BCUT2D eigenvalue weighted by Crippen LogP contribution is 2.22. The van der Waals surface area contributed by atoms with Gasteiger partial charge in [0.1, 0.15) is 5.75 Å². The second-order valence-electron chi connectivity index (χ2n) is 4.60. The van der Waals surface area contributed by atoms with Crippen molar-refractivity contribution in [1.82, 2.24) is 10.2 Å². The van der Waals surface area contributed by atoms with Crippen molar-refractivity contribution in [3.8, 4) is 5.75 Å². The number of ether oxygens (including phenoxy) is 1. The number of rotatable bonds is 7. The van der Waals surface area contributed by atoms with E-state index in [9.17, 15) is 9.90 Å². The highest BCUT2D eigenvalue weighted by atomic mass is 16.5. The van der Waals surface area contributed by atoms with Gasteiger partial charge in [0, 0.05) is 25.8 Å². The number of carbonyl (C=O) groups excluding carboxylic acids is 1. The van der Waals surface area contributed by atoms with E-state index >= 15 is 0 Å². The average molecular weight is 266 g/mol. The number of nitrogens with one attached hydrogen (secondary N) is 1. The smallest absolute Gasteiger partial charge is 0.234 e.